The molecule has 0 aliphatic carbocycles. The Kier molecular flexibility index (Phi) is 5.32. The van der Waals surface area contributed by atoms with Crippen LogP contribution in [0.4, 0.5) is 4.79 Å². The third-order valence-corrected chi connectivity index (χ3v) is 2.24. The van der Waals surface area contributed by atoms with Crippen molar-refractivity contribution >= 4 is 6.03 Å². The zero-order valence-corrected chi connectivity index (χ0v) is 8.42. The molecule has 1 heterocycles. The molecule has 1 aliphatic heterocycles. The number of rotatable bonds is 5. The maximum absolute atomic E-state index is 11.2. The van der Waals surface area contributed by atoms with Gasteiger partial charge in [0.2, 0.25) is 0 Å². The summed E-state index contributed by atoms with van der Waals surface area (Å²) in [6, 6.07) is -0.106. The summed E-state index contributed by atoms with van der Waals surface area (Å²) in [6.07, 6.45) is 1.86. The highest BCUT2D eigenvalue weighted by Crippen LogP contribution is 2.10. The van der Waals surface area contributed by atoms with Gasteiger partial charge < -0.3 is 21.1 Å². The van der Waals surface area contributed by atoms with Crippen LogP contribution >= 0.6 is 0 Å². The molecule has 2 amide bonds. The first-order chi connectivity index (χ1) is 6.83. The molecule has 5 nitrogen and oxygen atoms in total. The zero-order chi connectivity index (χ0) is 10.2. The van der Waals surface area contributed by atoms with E-state index in [0.29, 0.717) is 25.6 Å². The van der Waals surface area contributed by atoms with Crippen molar-refractivity contribution in [2.75, 3.05) is 32.8 Å². The second-order valence-corrected chi connectivity index (χ2v) is 3.51. The van der Waals surface area contributed by atoms with Gasteiger partial charge in [-0.15, -0.1) is 0 Å². The van der Waals surface area contributed by atoms with E-state index in [2.05, 4.69) is 10.6 Å². The number of nitrogens with two attached hydrogens (primary N) is 1. The number of ether oxygens (including phenoxy) is 1. The molecule has 1 aliphatic rings. The molecule has 1 unspecified atom stereocenters. The Morgan fingerprint density at radius 1 is 1.50 bits per heavy atom. The van der Waals surface area contributed by atoms with Gasteiger partial charge in [-0.25, -0.2) is 4.79 Å². The van der Waals surface area contributed by atoms with Gasteiger partial charge in [0.1, 0.15) is 0 Å². The van der Waals surface area contributed by atoms with Crippen LogP contribution in [0.1, 0.15) is 12.8 Å². The molecular weight excluding hydrogens is 182 g/mol. The van der Waals surface area contributed by atoms with Crippen LogP contribution < -0.4 is 16.4 Å². The highest BCUT2D eigenvalue weighted by molar-refractivity contribution is 5.73. The van der Waals surface area contributed by atoms with Crippen LogP contribution in [0.3, 0.4) is 0 Å². The van der Waals surface area contributed by atoms with Gasteiger partial charge in [0.15, 0.2) is 0 Å². The van der Waals surface area contributed by atoms with E-state index < -0.39 is 0 Å². The highest BCUT2D eigenvalue weighted by Gasteiger charge is 2.15. The molecule has 1 rings (SSSR count). The number of hydrogen-bond acceptors (Lipinski definition) is 3. The van der Waals surface area contributed by atoms with E-state index in [9.17, 15) is 4.79 Å². The Bertz CT molecular complexity index is 169. The van der Waals surface area contributed by atoms with Crippen molar-refractivity contribution in [3.05, 3.63) is 0 Å². The summed E-state index contributed by atoms with van der Waals surface area (Å²) in [5, 5.41) is 5.55. The largest absolute Gasteiger partial charge is 0.381 e. The lowest BCUT2D eigenvalue weighted by molar-refractivity contribution is 0.185. The minimum absolute atomic E-state index is 0.106. The van der Waals surface area contributed by atoms with Gasteiger partial charge in [-0.2, -0.15) is 0 Å². The average molecular weight is 201 g/mol. The number of urea groups is 1. The molecule has 0 aromatic carbocycles. The first-order valence-electron chi connectivity index (χ1n) is 5.12. The summed E-state index contributed by atoms with van der Waals surface area (Å²) in [5.74, 6) is 0.482. The number of carbonyl (C=O) groups excluding carboxylic acids is 1. The van der Waals surface area contributed by atoms with E-state index in [0.717, 1.165) is 26.1 Å². The van der Waals surface area contributed by atoms with Gasteiger partial charge >= 0.3 is 6.03 Å². The van der Waals surface area contributed by atoms with Crippen LogP contribution in [0.15, 0.2) is 0 Å². The van der Waals surface area contributed by atoms with Crippen molar-refractivity contribution in [1.29, 1.82) is 0 Å². The molecule has 1 fully saturated rings. The third kappa shape index (κ3) is 4.43. The number of hydrogen-bond donors (Lipinski definition) is 3. The van der Waals surface area contributed by atoms with E-state index >= 15 is 0 Å². The third-order valence-electron chi connectivity index (χ3n) is 2.24. The van der Waals surface area contributed by atoms with Gasteiger partial charge in [0, 0.05) is 25.6 Å². The SMILES string of the molecule is NCCCNC(=O)NCC1CCOC1. The zero-order valence-electron chi connectivity index (χ0n) is 8.42. The molecule has 4 N–H and O–H groups in total. The number of nitrogens with one attached hydrogen (secondary N) is 2. The van der Waals surface area contributed by atoms with Crippen LogP contribution in [0, 0.1) is 5.92 Å². The molecule has 0 spiro atoms. The molecule has 0 aromatic heterocycles. The maximum Gasteiger partial charge on any atom is 0.314 e. The molecule has 0 radical (unpaired) electrons. The van der Waals surface area contributed by atoms with Crippen molar-refractivity contribution in [2.24, 2.45) is 11.7 Å². The topological polar surface area (TPSA) is 76.4 Å². The summed E-state index contributed by atoms with van der Waals surface area (Å²) in [7, 11) is 0. The minimum atomic E-state index is -0.106. The number of amides is 2. The second kappa shape index (κ2) is 6.62. The van der Waals surface area contributed by atoms with Crippen molar-refractivity contribution in [2.45, 2.75) is 12.8 Å². The smallest absolute Gasteiger partial charge is 0.314 e. The fourth-order valence-corrected chi connectivity index (χ4v) is 1.35. The Balaban J connectivity index is 1.96. The first kappa shape index (κ1) is 11.3. The molecule has 82 valence electrons. The molecule has 0 bridgehead atoms. The lowest BCUT2D eigenvalue weighted by Crippen LogP contribution is -2.39. The molecule has 1 atom stereocenters. The molecule has 14 heavy (non-hydrogen) atoms. The summed E-state index contributed by atoms with van der Waals surface area (Å²) in [4.78, 5) is 11.2. The van der Waals surface area contributed by atoms with Crippen LogP contribution in [0.25, 0.3) is 0 Å². The second-order valence-electron chi connectivity index (χ2n) is 3.51. The number of carbonyl (C=O) groups is 1. The van der Waals surface area contributed by atoms with Gasteiger partial charge in [0.25, 0.3) is 0 Å². The monoisotopic (exact) mass is 201 g/mol. The van der Waals surface area contributed by atoms with Gasteiger partial charge in [-0.3, -0.25) is 0 Å². The molecule has 1 saturated heterocycles. The van der Waals surface area contributed by atoms with Gasteiger partial charge in [-0.1, -0.05) is 0 Å². The Morgan fingerprint density at radius 2 is 2.36 bits per heavy atom. The summed E-state index contributed by atoms with van der Waals surface area (Å²) < 4.78 is 5.20. The minimum Gasteiger partial charge on any atom is -0.381 e. The van der Waals surface area contributed by atoms with Crippen molar-refractivity contribution in [3.63, 3.8) is 0 Å². The van der Waals surface area contributed by atoms with Crippen LogP contribution in [-0.2, 0) is 4.74 Å². The van der Waals surface area contributed by atoms with E-state index in [-0.39, 0.29) is 6.03 Å². The average Bonchev–Trinajstić information content (AvgIpc) is 2.68. The lowest BCUT2D eigenvalue weighted by Gasteiger charge is -2.10. The quantitative estimate of drug-likeness (QED) is 0.533. The summed E-state index contributed by atoms with van der Waals surface area (Å²) in [5.41, 5.74) is 5.30. The Morgan fingerprint density at radius 3 is 3.00 bits per heavy atom. The van der Waals surface area contributed by atoms with E-state index in [1.54, 1.807) is 0 Å². The lowest BCUT2D eigenvalue weighted by atomic mass is 10.1. The van der Waals surface area contributed by atoms with Crippen LogP contribution in [0.2, 0.25) is 0 Å². The van der Waals surface area contributed by atoms with Gasteiger partial charge in [0.05, 0.1) is 6.61 Å². The Hall–Kier alpha value is -0.810. The van der Waals surface area contributed by atoms with Gasteiger partial charge in [-0.05, 0) is 19.4 Å². The normalized spacial score (nSPS) is 20.8. The fourth-order valence-electron chi connectivity index (χ4n) is 1.35. The Labute approximate surface area is 84.4 Å². The summed E-state index contributed by atoms with van der Waals surface area (Å²) >= 11 is 0. The standard InChI is InChI=1S/C9H19N3O2/c10-3-1-4-11-9(13)12-6-8-2-5-14-7-8/h8H,1-7,10H2,(H2,11,12,13). The predicted octanol–water partition coefficient (Wildman–Crippen LogP) is -0.329. The summed E-state index contributed by atoms with van der Waals surface area (Å²) in [6.45, 7) is 3.54. The maximum atomic E-state index is 11.2. The van der Waals surface area contributed by atoms with Crippen LogP contribution in [-0.4, -0.2) is 38.9 Å². The van der Waals surface area contributed by atoms with E-state index in [1.807, 2.05) is 0 Å². The highest BCUT2D eigenvalue weighted by atomic mass is 16.5. The first-order valence-corrected chi connectivity index (χ1v) is 5.12. The van der Waals surface area contributed by atoms with Crippen molar-refractivity contribution in [1.82, 2.24) is 10.6 Å². The van der Waals surface area contributed by atoms with Crippen molar-refractivity contribution in [3.8, 4) is 0 Å². The van der Waals surface area contributed by atoms with E-state index in [1.165, 1.54) is 0 Å². The molecule has 0 saturated carbocycles. The van der Waals surface area contributed by atoms with Crippen LogP contribution in [0.5, 0.6) is 0 Å². The molecule has 0 aromatic rings. The molecule has 5 heteroatoms. The van der Waals surface area contributed by atoms with Crippen molar-refractivity contribution < 1.29 is 9.53 Å². The molecular formula is C9H19N3O2. The fraction of sp³-hybridized carbons (Fsp3) is 0.889. The van der Waals surface area contributed by atoms with E-state index in [4.69, 9.17) is 10.5 Å². The predicted molar refractivity (Wildman–Crippen MR) is 54.0 cm³/mol.